The second-order valence-corrected chi connectivity index (χ2v) is 7.44. The second kappa shape index (κ2) is 7.10. The zero-order valence-corrected chi connectivity index (χ0v) is 13.8. The molecule has 1 heterocycles. The molecule has 7 nitrogen and oxygen atoms in total. The zero-order valence-electron chi connectivity index (χ0n) is 12.9. The summed E-state index contributed by atoms with van der Waals surface area (Å²) in [5, 5.41) is 8.64. The van der Waals surface area contributed by atoms with Crippen LogP contribution in [-0.2, 0) is 14.8 Å². The molecule has 8 heteroatoms. The third kappa shape index (κ3) is 4.08. The number of sulfonamides is 1. The van der Waals surface area contributed by atoms with Crippen molar-refractivity contribution in [1.29, 1.82) is 0 Å². The molecule has 1 fully saturated rings. The minimum atomic E-state index is -3.49. The molecule has 0 unspecified atom stereocenters. The number of nitrogens with zero attached hydrogens (tertiary/aromatic N) is 2. The maximum atomic E-state index is 12.4. The summed E-state index contributed by atoms with van der Waals surface area (Å²) in [5.41, 5.74) is 0.332. The van der Waals surface area contributed by atoms with Crippen molar-refractivity contribution in [2.75, 3.05) is 26.7 Å². The van der Waals surface area contributed by atoms with E-state index in [9.17, 15) is 18.0 Å². The predicted molar refractivity (Wildman–Crippen MR) is 83.6 cm³/mol. The Morgan fingerprint density at radius 1 is 1.17 bits per heavy atom. The van der Waals surface area contributed by atoms with Crippen molar-refractivity contribution in [1.82, 2.24) is 9.21 Å². The quantitative estimate of drug-likeness (QED) is 0.834. The largest absolute Gasteiger partial charge is 0.481 e. The topological polar surface area (TPSA) is 95.0 Å². The van der Waals surface area contributed by atoms with Crippen LogP contribution in [0, 0.1) is 0 Å². The fourth-order valence-electron chi connectivity index (χ4n) is 2.43. The third-order valence-corrected chi connectivity index (χ3v) is 5.72. The molecule has 1 amide bonds. The van der Waals surface area contributed by atoms with Crippen molar-refractivity contribution in [3.63, 3.8) is 0 Å². The molecule has 0 spiro atoms. The Labute approximate surface area is 135 Å². The summed E-state index contributed by atoms with van der Waals surface area (Å²) in [6.07, 6.45) is 1.60. The summed E-state index contributed by atoms with van der Waals surface area (Å²) in [6, 6.07) is 5.77. The fourth-order valence-corrected chi connectivity index (χ4v) is 3.95. The van der Waals surface area contributed by atoms with Gasteiger partial charge in [-0.05, 0) is 37.1 Å². The molecule has 0 aromatic heterocycles. The van der Waals surface area contributed by atoms with E-state index in [0.717, 1.165) is 12.8 Å². The smallest absolute Gasteiger partial charge is 0.305 e. The Morgan fingerprint density at radius 2 is 1.74 bits per heavy atom. The van der Waals surface area contributed by atoms with Crippen LogP contribution in [0.2, 0.25) is 0 Å². The van der Waals surface area contributed by atoms with Crippen LogP contribution in [0.15, 0.2) is 29.2 Å². The monoisotopic (exact) mass is 340 g/mol. The Kier molecular flexibility index (Phi) is 5.38. The molecule has 1 N–H and O–H groups in total. The lowest BCUT2D eigenvalue weighted by Gasteiger charge is -2.17. The lowest BCUT2D eigenvalue weighted by Crippen LogP contribution is -2.29. The van der Waals surface area contributed by atoms with E-state index in [1.165, 1.54) is 40.5 Å². The molecule has 126 valence electrons. The molecular weight excluding hydrogens is 320 g/mol. The molecular formula is C15H20N2O5S. The van der Waals surface area contributed by atoms with Crippen LogP contribution in [-0.4, -0.2) is 61.3 Å². The van der Waals surface area contributed by atoms with Gasteiger partial charge in [-0.25, -0.2) is 8.42 Å². The molecule has 0 bridgehead atoms. The van der Waals surface area contributed by atoms with E-state index in [4.69, 9.17) is 5.11 Å². The number of carboxylic acid groups (broad SMARTS) is 1. The van der Waals surface area contributed by atoms with Crippen LogP contribution in [0.25, 0.3) is 0 Å². The number of benzene rings is 1. The Bertz CT molecular complexity index is 678. The number of aliphatic carboxylic acids is 1. The number of rotatable bonds is 6. The number of carbonyl (C=O) groups is 2. The van der Waals surface area contributed by atoms with Crippen LogP contribution in [0.4, 0.5) is 0 Å². The van der Waals surface area contributed by atoms with Gasteiger partial charge in [0.1, 0.15) is 0 Å². The van der Waals surface area contributed by atoms with Crippen LogP contribution >= 0.6 is 0 Å². The van der Waals surface area contributed by atoms with Gasteiger partial charge in [0.05, 0.1) is 11.3 Å². The first-order chi connectivity index (χ1) is 10.8. The van der Waals surface area contributed by atoms with Gasteiger partial charge in [-0.1, -0.05) is 0 Å². The molecule has 2 rings (SSSR count). The van der Waals surface area contributed by atoms with E-state index in [1.54, 1.807) is 0 Å². The molecule has 0 radical (unpaired) electrons. The molecule has 1 aromatic carbocycles. The van der Waals surface area contributed by atoms with Gasteiger partial charge in [0.25, 0.3) is 5.91 Å². The maximum Gasteiger partial charge on any atom is 0.305 e. The summed E-state index contributed by atoms with van der Waals surface area (Å²) in [6.45, 7) is 1.16. The molecule has 1 aromatic rings. The highest BCUT2D eigenvalue weighted by atomic mass is 32.2. The Morgan fingerprint density at radius 3 is 2.26 bits per heavy atom. The first kappa shape index (κ1) is 17.4. The van der Waals surface area contributed by atoms with Crippen LogP contribution < -0.4 is 0 Å². The second-order valence-electron chi connectivity index (χ2n) is 5.51. The van der Waals surface area contributed by atoms with Crippen LogP contribution in [0.1, 0.15) is 29.6 Å². The van der Waals surface area contributed by atoms with Crippen molar-refractivity contribution < 1.29 is 23.1 Å². The number of hydrogen-bond acceptors (Lipinski definition) is 4. The highest BCUT2D eigenvalue weighted by Gasteiger charge is 2.27. The van der Waals surface area contributed by atoms with Crippen molar-refractivity contribution in [3.8, 4) is 0 Å². The van der Waals surface area contributed by atoms with Crippen LogP contribution in [0.5, 0.6) is 0 Å². The normalized spacial score (nSPS) is 15.5. The maximum absolute atomic E-state index is 12.4. The highest BCUT2D eigenvalue weighted by molar-refractivity contribution is 7.89. The van der Waals surface area contributed by atoms with Crippen molar-refractivity contribution >= 4 is 21.9 Å². The minimum absolute atomic E-state index is 0.0992. The van der Waals surface area contributed by atoms with Gasteiger partial charge in [-0.15, -0.1) is 0 Å². The summed E-state index contributed by atoms with van der Waals surface area (Å²) in [5.74, 6) is -1.31. The number of hydrogen-bond donors (Lipinski definition) is 1. The molecule has 1 aliphatic rings. The summed E-state index contributed by atoms with van der Waals surface area (Å²) < 4.78 is 26.2. The number of carboxylic acids is 1. The van der Waals surface area contributed by atoms with Crippen molar-refractivity contribution in [2.45, 2.75) is 24.2 Å². The Hall–Kier alpha value is -1.93. The van der Waals surface area contributed by atoms with Crippen LogP contribution in [0.3, 0.4) is 0 Å². The van der Waals surface area contributed by atoms with Crippen molar-refractivity contribution in [3.05, 3.63) is 29.8 Å². The predicted octanol–water partition coefficient (Wildman–Crippen LogP) is 1.02. The van der Waals surface area contributed by atoms with E-state index < -0.39 is 16.0 Å². The van der Waals surface area contributed by atoms with Gasteiger partial charge in [0.15, 0.2) is 0 Å². The molecule has 0 aliphatic carbocycles. The number of carbonyl (C=O) groups excluding carboxylic acids is 1. The standard InChI is InChI=1S/C15H20N2O5S/c1-16(11-8-14(18)19)15(20)12-4-6-13(7-5-12)23(21,22)17-9-2-3-10-17/h4-7H,2-3,8-11H2,1H3,(H,18,19). The minimum Gasteiger partial charge on any atom is -0.481 e. The molecule has 0 saturated carbocycles. The summed E-state index contributed by atoms with van der Waals surface area (Å²) >= 11 is 0. The van der Waals surface area contributed by atoms with E-state index >= 15 is 0 Å². The van der Waals surface area contributed by atoms with Crippen molar-refractivity contribution in [2.24, 2.45) is 0 Å². The van der Waals surface area contributed by atoms with Gasteiger partial charge in [0, 0.05) is 32.2 Å². The lowest BCUT2D eigenvalue weighted by atomic mass is 10.2. The molecule has 1 aliphatic heterocycles. The zero-order chi connectivity index (χ0) is 17.0. The van der Waals surface area contributed by atoms with E-state index in [-0.39, 0.29) is 23.8 Å². The molecule has 1 saturated heterocycles. The highest BCUT2D eigenvalue weighted by Crippen LogP contribution is 2.21. The van der Waals surface area contributed by atoms with E-state index in [2.05, 4.69) is 0 Å². The SMILES string of the molecule is CN(CCC(=O)O)C(=O)c1ccc(S(=O)(=O)N2CCCC2)cc1. The number of amides is 1. The van der Waals surface area contributed by atoms with Gasteiger partial charge >= 0.3 is 5.97 Å². The lowest BCUT2D eigenvalue weighted by molar-refractivity contribution is -0.137. The van der Waals surface area contributed by atoms with E-state index in [0.29, 0.717) is 18.7 Å². The first-order valence-corrected chi connectivity index (χ1v) is 8.84. The first-order valence-electron chi connectivity index (χ1n) is 7.40. The Balaban J connectivity index is 2.09. The molecule has 0 atom stereocenters. The van der Waals surface area contributed by atoms with Gasteiger partial charge in [-0.3, -0.25) is 9.59 Å². The average molecular weight is 340 g/mol. The third-order valence-electron chi connectivity index (χ3n) is 3.81. The average Bonchev–Trinajstić information content (AvgIpc) is 3.07. The van der Waals surface area contributed by atoms with Gasteiger partial charge in [0.2, 0.25) is 10.0 Å². The summed E-state index contributed by atoms with van der Waals surface area (Å²) in [4.78, 5) is 24.2. The van der Waals surface area contributed by atoms with Gasteiger partial charge < -0.3 is 10.0 Å². The fraction of sp³-hybridized carbons (Fsp3) is 0.467. The molecule has 23 heavy (non-hydrogen) atoms. The van der Waals surface area contributed by atoms with E-state index in [1.807, 2.05) is 0 Å². The van der Waals surface area contributed by atoms with Gasteiger partial charge in [-0.2, -0.15) is 4.31 Å². The summed E-state index contributed by atoms with van der Waals surface area (Å²) in [7, 11) is -1.98.